The van der Waals surface area contributed by atoms with Crippen LogP contribution in [-0.2, 0) is 36.1 Å². The summed E-state index contributed by atoms with van der Waals surface area (Å²) in [5.74, 6) is 5.23. The summed E-state index contributed by atoms with van der Waals surface area (Å²) in [5, 5.41) is 0. The first-order valence-electron chi connectivity index (χ1n) is 19.7. The molecule has 0 spiro atoms. The van der Waals surface area contributed by atoms with Crippen LogP contribution in [0.15, 0.2) is 118 Å². The van der Waals surface area contributed by atoms with Crippen molar-refractivity contribution in [1.29, 1.82) is 0 Å². The van der Waals surface area contributed by atoms with Crippen LogP contribution in [0.1, 0.15) is 130 Å². The van der Waals surface area contributed by atoms with E-state index in [1.807, 2.05) is 0 Å². The van der Waals surface area contributed by atoms with Crippen LogP contribution < -0.4 is 0 Å². The van der Waals surface area contributed by atoms with E-state index in [0.29, 0.717) is 19.1 Å². The summed E-state index contributed by atoms with van der Waals surface area (Å²) < 4.78 is 14.0. The van der Waals surface area contributed by atoms with Crippen LogP contribution in [0.3, 0.4) is 0 Å². The number of aryl methyl sites for hydroxylation is 2. The number of hydrogen-bond donors (Lipinski definition) is 0. The molecule has 0 aliphatic heterocycles. The SMILES string of the molecule is CCCc1ccc(C2=Cc3c(-c4ccc(C(C)C)cc4)cccc3[CH]2[Zr][CH]2C(c3ccc(CCC)o3)=Cc3c(-c4ccc(C(C)C)cc4)cccc32)o1. The Morgan fingerprint density at radius 2 is 0.925 bits per heavy atom. The number of rotatable bonds is 12. The van der Waals surface area contributed by atoms with Crippen LogP contribution in [0, 0.1) is 0 Å². The molecule has 266 valence electrons. The zero-order valence-electron chi connectivity index (χ0n) is 32.0. The van der Waals surface area contributed by atoms with Gasteiger partial charge in [0.15, 0.2) is 0 Å². The van der Waals surface area contributed by atoms with E-state index in [-0.39, 0.29) is 0 Å². The van der Waals surface area contributed by atoms with Gasteiger partial charge < -0.3 is 0 Å². The van der Waals surface area contributed by atoms with Gasteiger partial charge in [0.1, 0.15) is 0 Å². The molecule has 2 aliphatic carbocycles. The number of fused-ring (bicyclic) bond motifs is 2. The summed E-state index contributed by atoms with van der Waals surface area (Å²) in [7, 11) is 0. The Hall–Kier alpha value is -4.20. The van der Waals surface area contributed by atoms with Crippen molar-refractivity contribution >= 4 is 23.3 Å². The number of benzene rings is 4. The summed E-state index contributed by atoms with van der Waals surface area (Å²) in [6, 6.07) is 41.2. The summed E-state index contributed by atoms with van der Waals surface area (Å²) >= 11 is -1.33. The van der Waals surface area contributed by atoms with E-state index in [2.05, 4.69) is 163 Å². The van der Waals surface area contributed by atoms with Crippen molar-refractivity contribution in [1.82, 2.24) is 0 Å². The van der Waals surface area contributed by atoms with E-state index in [9.17, 15) is 0 Å². The molecule has 3 heteroatoms. The van der Waals surface area contributed by atoms with Gasteiger partial charge in [-0.05, 0) is 0 Å². The fraction of sp³-hybridized carbons (Fsp3) is 0.280. The second-order valence-corrected chi connectivity index (χ2v) is 19.1. The molecule has 0 bridgehead atoms. The molecule has 0 radical (unpaired) electrons. The second kappa shape index (κ2) is 15.3. The summed E-state index contributed by atoms with van der Waals surface area (Å²) in [5.41, 5.74) is 16.2. The predicted molar refractivity (Wildman–Crippen MR) is 219 cm³/mol. The van der Waals surface area contributed by atoms with Crippen molar-refractivity contribution in [3.05, 3.63) is 166 Å². The molecule has 0 saturated carbocycles. The molecule has 4 aromatic carbocycles. The molecule has 2 aliphatic rings. The predicted octanol–water partition coefficient (Wildman–Crippen LogP) is 14.3. The van der Waals surface area contributed by atoms with Crippen molar-refractivity contribution in [2.75, 3.05) is 0 Å². The maximum absolute atomic E-state index is 6.66. The Balaban J connectivity index is 1.25. The molecule has 2 unspecified atom stereocenters. The molecule has 2 atom stereocenters. The molecule has 2 nitrogen and oxygen atoms in total. The fourth-order valence-electron chi connectivity index (χ4n) is 8.18. The van der Waals surface area contributed by atoms with E-state index in [0.717, 1.165) is 48.7 Å². The average Bonchev–Trinajstić information content (AvgIpc) is 3.98. The van der Waals surface area contributed by atoms with Gasteiger partial charge in [0.25, 0.3) is 0 Å². The maximum atomic E-state index is 6.66. The van der Waals surface area contributed by atoms with Gasteiger partial charge >= 0.3 is 330 Å². The Bertz CT molecular complexity index is 2130. The van der Waals surface area contributed by atoms with Gasteiger partial charge in [-0.3, -0.25) is 0 Å². The Kier molecular flexibility index (Phi) is 10.3. The van der Waals surface area contributed by atoms with Gasteiger partial charge in [0.2, 0.25) is 0 Å². The van der Waals surface area contributed by atoms with E-state index in [1.165, 1.54) is 66.8 Å². The van der Waals surface area contributed by atoms with Crippen LogP contribution in [0.5, 0.6) is 0 Å². The fourth-order valence-corrected chi connectivity index (χ4v) is 13.1. The third kappa shape index (κ3) is 6.99. The van der Waals surface area contributed by atoms with E-state index in [4.69, 9.17) is 8.83 Å². The van der Waals surface area contributed by atoms with Gasteiger partial charge in [-0.25, -0.2) is 0 Å². The van der Waals surface area contributed by atoms with Crippen molar-refractivity contribution < 1.29 is 32.1 Å². The molecule has 0 amide bonds. The summed E-state index contributed by atoms with van der Waals surface area (Å²) in [6.45, 7) is 13.5. The molecule has 0 saturated heterocycles. The molecule has 2 aromatic heterocycles. The molecule has 2 heterocycles. The first-order valence-corrected chi connectivity index (χ1v) is 22.5. The second-order valence-electron chi connectivity index (χ2n) is 15.4. The van der Waals surface area contributed by atoms with Crippen molar-refractivity contribution in [3.63, 3.8) is 0 Å². The molecule has 6 aromatic rings. The van der Waals surface area contributed by atoms with Gasteiger partial charge in [-0.15, -0.1) is 0 Å². The molecule has 8 rings (SSSR count). The Morgan fingerprint density at radius 3 is 1.30 bits per heavy atom. The minimum absolute atomic E-state index is 0.322. The van der Waals surface area contributed by atoms with Crippen LogP contribution in [0.4, 0.5) is 0 Å². The van der Waals surface area contributed by atoms with Crippen LogP contribution in [0.2, 0.25) is 0 Å². The first-order chi connectivity index (χ1) is 25.8. The quantitative estimate of drug-likeness (QED) is 0.124. The number of furan rings is 2. The molecular weight excluding hydrogens is 724 g/mol. The third-order valence-corrected chi connectivity index (χ3v) is 15.8. The normalized spacial score (nSPS) is 16.2. The van der Waals surface area contributed by atoms with E-state index >= 15 is 0 Å². The Labute approximate surface area is 327 Å². The zero-order valence-corrected chi connectivity index (χ0v) is 34.5. The van der Waals surface area contributed by atoms with Gasteiger partial charge in [0, 0.05) is 0 Å². The van der Waals surface area contributed by atoms with Gasteiger partial charge in [0.05, 0.1) is 0 Å². The third-order valence-electron chi connectivity index (χ3n) is 11.1. The molecular formula is C50H50O2Zr. The van der Waals surface area contributed by atoms with Crippen molar-refractivity contribution in [2.24, 2.45) is 0 Å². The minimum atomic E-state index is -1.33. The van der Waals surface area contributed by atoms with Crippen LogP contribution >= 0.6 is 0 Å². The number of allylic oxidation sites excluding steroid dienone is 2. The van der Waals surface area contributed by atoms with Crippen LogP contribution in [0.25, 0.3) is 45.6 Å². The summed E-state index contributed by atoms with van der Waals surface area (Å²) in [4.78, 5) is 0. The average molecular weight is 774 g/mol. The topological polar surface area (TPSA) is 26.3 Å². The van der Waals surface area contributed by atoms with E-state index in [1.54, 1.807) is 0 Å². The van der Waals surface area contributed by atoms with Crippen LogP contribution in [-0.4, -0.2) is 0 Å². The Morgan fingerprint density at radius 1 is 0.509 bits per heavy atom. The summed E-state index contributed by atoms with van der Waals surface area (Å²) in [6.07, 6.45) is 9.00. The zero-order chi connectivity index (χ0) is 36.6. The standard InChI is InChI=1S/2C25H25O.Zr/c2*1-4-6-22-13-14-25(26-22)21-15-20-7-5-8-23(24(20)16-21)19-11-9-18(10-12-19)17(2)3;/h2*5,7-17H,4,6H2,1-3H3;. The van der Waals surface area contributed by atoms with Crippen molar-refractivity contribution in [3.8, 4) is 22.3 Å². The number of hydrogen-bond acceptors (Lipinski definition) is 2. The van der Waals surface area contributed by atoms with Gasteiger partial charge in [-0.2, -0.15) is 0 Å². The molecule has 0 fully saturated rings. The monoisotopic (exact) mass is 772 g/mol. The van der Waals surface area contributed by atoms with Gasteiger partial charge in [-0.1, -0.05) is 0 Å². The van der Waals surface area contributed by atoms with Crippen molar-refractivity contribution in [2.45, 2.75) is 86.3 Å². The molecule has 53 heavy (non-hydrogen) atoms. The first kappa shape index (κ1) is 35.8. The van der Waals surface area contributed by atoms with E-state index < -0.39 is 23.2 Å². The molecule has 0 N–H and O–H groups in total.